The number of aromatic nitrogens is 2. The smallest absolute Gasteiger partial charge is 0.241 e. The van der Waals surface area contributed by atoms with Gasteiger partial charge in [0.2, 0.25) is 17.6 Å². The van der Waals surface area contributed by atoms with E-state index in [1.807, 2.05) is 29.2 Å². The molecule has 2 fully saturated rings. The fourth-order valence-corrected chi connectivity index (χ4v) is 3.87. The Bertz CT molecular complexity index is 766. The van der Waals surface area contributed by atoms with Crippen LogP contribution in [0, 0.1) is 5.92 Å². The first kappa shape index (κ1) is 18.6. The maximum atomic E-state index is 12.6. The van der Waals surface area contributed by atoms with E-state index in [1.165, 1.54) is 0 Å². The molecule has 1 aromatic carbocycles. The molecule has 2 aliphatic rings. The number of hydrogen-bond donors (Lipinski definition) is 0. The Kier molecular flexibility index (Phi) is 5.85. The Balaban J connectivity index is 1.29. The van der Waals surface area contributed by atoms with Gasteiger partial charge in [-0.2, -0.15) is 4.98 Å². The minimum Gasteiger partial charge on any atom is -0.378 e. The largest absolute Gasteiger partial charge is 0.378 e. The van der Waals surface area contributed by atoms with E-state index in [4.69, 9.17) is 9.26 Å². The highest BCUT2D eigenvalue weighted by Crippen LogP contribution is 2.23. The molecule has 2 aromatic rings. The lowest BCUT2D eigenvalue weighted by Gasteiger charge is -2.35. The van der Waals surface area contributed by atoms with Crippen LogP contribution in [-0.4, -0.2) is 65.2 Å². The average molecular weight is 435 g/mol. The van der Waals surface area contributed by atoms with E-state index < -0.39 is 0 Å². The van der Waals surface area contributed by atoms with Gasteiger partial charge in [0.25, 0.3) is 0 Å². The number of halogens is 1. The van der Waals surface area contributed by atoms with E-state index in [9.17, 15) is 4.79 Å². The fourth-order valence-electron chi connectivity index (χ4n) is 3.61. The molecule has 3 heterocycles. The zero-order valence-corrected chi connectivity index (χ0v) is 16.7. The van der Waals surface area contributed by atoms with Crippen LogP contribution in [0.3, 0.4) is 0 Å². The molecule has 4 rings (SSSR count). The summed E-state index contributed by atoms with van der Waals surface area (Å²) < 4.78 is 11.8. The van der Waals surface area contributed by atoms with E-state index in [2.05, 4.69) is 31.0 Å². The summed E-state index contributed by atoms with van der Waals surface area (Å²) >= 11 is 3.43. The highest BCUT2D eigenvalue weighted by Gasteiger charge is 2.29. The molecule has 2 saturated heterocycles. The lowest BCUT2D eigenvalue weighted by Crippen LogP contribution is -2.46. The molecule has 0 aliphatic carbocycles. The van der Waals surface area contributed by atoms with Crippen molar-refractivity contribution in [2.45, 2.75) is 19.4 Å². The van der Waals surface area contributed by atoms with Crippen LogP contribution in [0.1, 0.15) is 18.7 Å². The van der Waals surface area contributed by atoms with E-state index in [-0.39, 0.29) is 11.8 Å². The van der Waals surface area contributed by atoms with Gasteiger partial charge in [-0.15, -0.1) is 0 Å². The third-order valence-electron chi connectivity index (χ3n) is 5.19. The molecular formula is C19H23BrN4O3. The summed E-state index contributed by atoms with van der Waals surface area (Å²) in [7, 11) is 0. The Morgan fingerprint density at radius 2 is 1.81 bits per heavy atom. The van der Waals surface area contributed by atoms with Crippen molar-refractivity contribution in [2.75, 3.05) is 39.4 Å². The average Bonchev–Trinajstić information content (AvgIpc) is 3.18. The molecule has 0 bridgehead atoms. The number of rotatable bonds is 4. The lowest BCUT2D eigenvalue weighted by atomic mass is 9.95. The van der Waals surface area contributed by atoms with Gasteiger partial charge in [-0.05, 0) is 50.2 Å². The van der Waals surface area contributed by atoms with Gasteiger partial charge in [0.05, 0.1) is 19.8 Å². The number of amides is 1. The number of ether oxygens (including phenoxy) is 1. The molecule has 0 unspecified atom stereocenters. The van der Waals surface area contributed by atoms with Crippen LogP contribution >= 0.6 is 15.9 Å². The van der Waals surface area contributed by atoms with Crippen molar-refractivity contribution < 1.29 is 14.1 Å². The standard InChI is InChI=1S/C19H23BrN4O3/c20-16-3-1-14(2-4-16)18-21-17(27-22-18)13-23-7-5-15(6-8-23)19(25)24-9-11-26-12-10-24/h1-4,15H,5-13H2. The number of morpholine rings is 1. The predicted octanol–water partition coefficient (Wildman–Crippen LogP) is 2.57. The van der Waals surface area contributed by atoms with Crippen LogP contribution in [0.5, 0.6) is 0 Å². The van der Waals surface area contributed by atoms with Crippen LogP contribution in [-0.2, 0) is 16.1 Å². The van der Waals surface area contributed by atoms with Crippen molar-refractivity contribution in [3.8, 4) is 11.4 Å². The monoisotopic (exact) mass is 434 g/mol. The molecule has 0 radical (unpaired) electrons. The second-order valence-electron chi connectivity index (χ2n) is 7.01. The summed E-state index contributed by atoms with van der Waals surface area (Å²) in [4.78, 5) is 21.3. The number of benzene rings is 1. The van der Waals surface area contributed by atoms with E-state index in [0.29, 0.717) is 31.5 Å². The third-order valence-corrected chi connectivity index (χ3v) is 5.72. The van der Waals surface area contributed by atoms with Crippen molar-refractivity contribution in [3.63, 3.8) is 0 Å². The first-order valence-corrected chi connectivity index (χ1v) is 10.2. The Morgan fingerprint density at radius 1 is 1.11 bits per heavy atom. The minimum atomic E-state index is 0.125. The van der Waals surface area contributed by atoms with E-state index in [0.717, 1.165) is 49.1 Å². The van der Waals surface area contributed by atoms with Crippen molar-refractivity contribution in [3.05, 3.63) is 34.6 Å². The van der Waals surface area contributed by atoms with Crippen LogP contribution < -0.4 is 0 Å². The molecule has 0 spiro atoms. The molecule has 8 heteroatoms. The summed E-state index contributed by atoms with van der Waals surface area (Å²) in [6.07, 6.45) is 1.76. The normalized spacial score (nSPS) is 19.4. The van der Waals surface area contributed by atoms with Crippen LogP contribution in [0.4, 0.5) is 0 Å². The second kappa shape index (κ2) is 8.50. The van der Waals surface area contributed by atoms with Crippen LogP contribution in [0.25, 0.3) is 11.4 Å². The van der Waals surface area contributed by atoms with Gasteiger partial charge in [0.1, 0.15) is 0 Å². The molecular weight excluding hydrogens is 412 g/mol. The quantitative estimate of drug-likeness (QED) is 0.736. The molecule has 0 atom stereocenters. The van der Waals surface area contributed by atoms with Gasteiger partial charge in [0.15, 0.2) is 0 Å². The molecule has 0 N–H and O–H groups in total. The van der Waals surface area contributed by atoms with Gasteiger partial charge in [-0.1, -0.05) is 21.1 Å². The number of piperidine rings is 1. The van der Waals surface area contributed by atoms with Crippen molar-refractivity contribution in [2.24, 2.45) is 5.92 Å². The van der Waals surface area contributed by atoms with Crippen molar-refractivity contribution in [1.29, 1.82) is 0 Å². The number of carbonyl (C=O) groups is 1. The van der Waals surface area contributed by atoms with E-state index in [1.54, 1.807) is 0 Å². The SMILES string of the molecule is O=C(C1CCN(Cc2nc(-c3ccc(Br)cc3)no2)CC1)N1CCOCC1. The molecule has 144 valence electrons. The van der Waals surface area contributed by atoms with Gasteiger partial charge >= 0.3 is 0 Å². The Hall–Kier alpha value is -1.77. The lowest BCUT2D eigenvalue weighted by molar-refractivity contribution is -0.141. The molecule has 7 nitrogen and oxygen atoms in total. The van der Waals surface area contributed by atoms with Gasteiger partial charge < -0.3 is 14.2 Å². The van der Waals surface area contributed by atoms with Crippen LogP contribution in [0.15, 0.2) is 33.3 Å². The molecule has 2 aliphatic heterocycles. The summed E-state index contributed by atoms with van der Waals surface area (Å²) in [6.45, 7) is 5.13. The Labute approximate surface area is 166 Å². The summed E-state index contributed by atoms with van der Waals surface area (Å²) in [5.41, 5.74) is 0.933. The van der Waals surface area contributed by atoms with Gasteiger partial charge in [-0.3, -0.25) is 9.69 Å². The number of nitrogens with zero attached hydrogens (tertiary/aromatic N) is 4. The topological polar surface area (TPSA) is 71.7 Å². The summed E-state index contributed by atoms with van der Waals surface area (Å²) in [5, 5.41) is 4.09. The maximum Gasteiger partial charge on any atom is 0.241 e. The molecule has 1 aromatic heterocycles. The first-order chi connectivity index (χ1) is 13.2. The molecule has 0 saturated carbocycles. The zero-order valence-electron chi connectivity index (χ0n) is 15.1. The second-order valence-corrected chi connectivity index (χ2v) is 7.92. The molecule has 1 amide bonds. The van der Waals surface area contributed by atoms with Crippen molar-refractivity contribution >= 4 is 21.8 Å². The number of likely N-dealkylation sites (tertiary alicyclic amines) is 1. The van der Waals surface area contributed by atoms with Gasteiger partial charge in [-0.25, -0.2) is 0 Å². The predicted molar refractivity (Wildman–Crippen MR) is 103 cm³/mol. The number of hydrogen-bond acceptors (Lipinski definition) is 6. The highest BCUT2D eigenvalue weighted by atomic mass is 79.9. The van der Waals surface area contributed by atoms with Gasteiger partial charge in [0, 0.05) is 29.0 Å². The third kappa shape index (κ3) is 4.56. The minimum absolute atomic E-state index is 0.125. The van der Waals surface area contributed by atoms with Crippen molar-refractivity contribution in [1.82, 2.24) is 19.9 Å². The maximum absolute atomic E-state index is 12.6. The first-order valence-electron chi connectivity index (χ1n) is 9.36. The Morgan fingerprint density at radius 3 is 2.52 bits per heavy atom. The fraction of sp³-hybridized carbons (Fsp3) is 0.526. The highest BCUT2D eigenvalue weighted by molar-refractivity contribution is 9.10. The zero-order chi connectivity index (χ0) is 18.6. The number of carbonyl (C=O) groups excluding carboxylic acids is 1. The molecule has 27 heavy (non-hydrogen) atoms. The van der Waals surface area contributed by atoms with Crippen LogP contribution in [0.2, 0.25) is 0 Å². The van der Waals surface area contributed by atoms with E-state index >= 15 is 0 Å². The summed E-state index contributed by atoms with van der Waals surface area (Å²) in [6, 6.07) is 7.84. The summed E-state index contributed by atoms with van der Waals surface area (Å²) in [5.74, 6) is 1.63.